The molecule has 0 radical (unpaired) electrons. The van der Waals surface area contributed by atoms with Crippen LogP contribution in [0.2, 0.25) is 0 Å². The molecular weight excluding hydrogens is 206 g/mol. The number of aryl methyl sites for hydroxylation is 1. The molecule has 1 atom stereocenters. The standard InChI is InChI=1S/C12H17NO3/c1-2-3-8-6-10(14)5-4-9(8)7-11(13)12(15)16/h4-6,11,14H,2-3,7,13H2,1H3,(H,15,16). The lowest BCUT2D eigenvalue weighted by Gasteiger charge is -2.11. The highest BCUT2D eigenvalue weighted by atomic mass is 16.4. The van der Waals surface area contributed by atoms with E-state index in [4.69, 9.17) is 10.8 Å². The lowest BCUT2D eigenvalue weighted by atomic mass is 9.97. The predicted molar refractivity (Wildman–Crippen MR) is 61.4 cm³/mol. The van der Waals surface area contributed by atoms with Gasteiger partial charge in [-0.25, -0.2) is 0 Å². The molecule has 0 aliphatic rings. The summed E-state index contributed by atoms with van der Waals surface area (Å²) in [6.07, 6.45) is 2.06. The quantitative estimate of drug-likeness (QED) is 0.702. The van der Waals surface area contributed by atoms with Crippen LogP contribution in [-0.4, -0.2) is 22.2 Å². The first-order valence-corrected chi connectivity index (χ1v) is 5.33. The predicted octanol–water partition coefficient (Wildman–Crippen LogP) is 1.30. The van der Waals surface area contributed by atoms with Gasteiger partial charge in [-0.05, 0) is 36.1 Å². The number of carboxylic acids is 1. The van der Waals surface area contributed by atoms with Gasteiger partial charge in [-0.3, -0.25) is 4.79 Å². The van der Waals surface area contributed by atoms with E-state index < -0.39 is 12.0 Å². The number of nitrogens with two attached hydrogens (primary N) is 1. The second-order valence-corrected chi connectivity index (χ2v) is 3.85. The first-order chi connectivity index (χ1) is 7.54. The van der Waals surface area contributed by atoms with Crippen molar-refractivity contribution in [2.75, 3.05) is 0 Å². The first-order valence-electron chi connectivity index (χ1n) is 5.33. The average molecular weight is 223 g/mol. The normalized spacial score (nSPS) is 12.4. The zero-order valence-corrected chi connectivity index (χ0v) is 9.31. The smallest absolute Gasteiger partial charge is 0.320 e. The van der Waals surface area contributed by atoms with Crippen molar-refractivity contribution in [2.45, 2.75) is 32.2 Å². The van der Waals surface area contributed by atoms with Gasteiger partial charge in [0.1, 0.15) is 11.8 Å². The van der Waals surface area contributed by atoms with Gasteiger partial charge in [0.05, 0.1) is 0 Å². The molecule has 0 aromatic heterocycles. The minimum Gasteiger partial charge on any atom is -0.508 e. The summed E-state index contributed by atoms with van der Waals surface area (Å²) in [5, 5.41) is 18.1. The van der Waals surface area contributed by atoms with E-state index >= 15 is 0 Å². The number of benzene rings is 1. The van der Waals surface area contributed by atoms with Crippen molar-refractivity contribution >= 4 is 5.97 Å². The molecule has 1 unspecified atom stereocenters. The number of rotatable bonds is 5. The molecule has 0 aliphatic carbocycles. The topological polar surface area (TPSA) is 83.5 Å². The van der Waals surface area contributed by atoms with Crippen LogP contribution in [-0.2, 0) is 17.6 Å². The molecule has 0 saturated carbocycles. The molecule has 0 saturated heterocycles. The Hall–Kier alpha value is -1.55. The van der Waals surface area contributed by atoms with Gasteiger partial charge in [0.2, 0.25) is 0 Å². The van der Waals surface area contributed by atoms with Crippen molar-refractivity contribution < 1.29 is 15.0 Å². The van der Waals surface area contributed by atoms with Crippen LogP contribution in [0.5, 0.6) is 5.75 Å². The van der Waals surface area contributed by atoms with Crippen molar-refractivity contribution in [3.8, 4) is 5.75 Å². The van der Waals surface area contributed by atoms with E-state index in [-0.39, 0.29) is 5.75 Å². The highest BCUT2D eigenvalue weighted by Gasteiger charge is 2.14. The van der Waals surface area contributed by atoms with Crippen LogP contribution < -0.4 is 5.73 Å². The number of hydrogen-bond acceptors (Lipinski definition) is 3. The summed E-state index contributed by atoms with van der Waals surface area (Å²) in [5.74, 6) is -0.799. The van der Waals surface area contributed by atoms with Crippen molar-refractivity contribution in [3.63, 3.8) is 0 Å². The third-order valence-corrected chi connectivity index (χ3v) is 2.47. The van der Waals surface area contributed by atoms with E-state index in [1.807, 2.05) is 6.92 Å². The van der Waals surface area contributed by atoms with Crippen molar-refractivity contribution in [3.05, 3.63) is 29.3 Å². The molecule has 0 spiro atoms. The van der Waals surface area contributed by atoms with Crippen LogP contribution in [0, 0.1) is 0 Å². The van der Waals surface area contributed by atoms with Crippen LogP contribution in [0.25, 0.3) is 0 Å². The van der Waals surface area contributed by atoms with E-state index in [0.717, 1.165) is 24.0 Å². The Kier molecular flexibility index (Phi) is 4.31. The van der Waals surface area contributed by atoms with Crippen LogP contribution >= 0.6 is 0 Å². The number of hydrogen-bond donors (Lipinski definition) is 3. The molecule has 4 nitrogen and oxygen atoms in total. The summed E-state index contributed by atoms with van der Waals surface area (Å²) in [7, 11) is 0. The number of aliphatic carboxylic acids is 1. The van der Waals surface area contributed by atoms with E-state index in [2.05, 4.69) is 0 Å². The second-order valence-electron chi connectivity index (χ2n) is 3.85. The van der Waals surface area contributed by atoms with Crippen LogP contribution in [0.4, 0.5) is 0 Å². The summed E-state index contributed by atoms with van der Waals surface area (Å²) < 4.78 is 0. The molecular formula is C12H17NO3. The van der Waals surface area contributed by atoms with Gasteiger partial charge in [-0.15, -0.1) is 0 Å². The molecule has 0 aliphatic heterocycles. The van der Waals surface area contributed by atoms with Gasteiger partial charge in [-0.1, -0.05) is 19.4 Å². The third kappa shape index (κ3) is 3.24. The fraction of sp³-hybridized carbons (Fsp3) is 0.417. The summed E-state index contributed by atoms with van der Waals surface area (Å²) >= 11 is 0. The largest absolute Gasteiger partial charge is 0.508 e. The van der Waals surface area contributed by atoms with E-state index in [1.165, 1.54) is 0 Å². The van der Waals surface area contributed by atoms with E-state index in [1.54, 1.807) is 18.2 Å². The van der Waals surface area contributed by atoms with Gasteiger partial charge in [0, 0.05) is 0 Å². The Bertz CT molecular complexity index is 377. The Labute approximate surface area is 94.7 Å². The Balaban J connectivity index is 2.89. The van der Waals surface area contributed by atoms with Gasteiger partial charge in [-0.2, -0.15) is 0 Å². The fourth-order valence-electron chi connectivity index (χ4n) is 1.64. The number of carboxylic acid groups (broad SMARTS) is 1. The molecule has 88 valence electrons. The van der Waals surface area contributed by atoms with Gasteiger partial charge in [0.25, 0.3) is 0 Å². The minimum atomic E-state index is -1.00. The molecule has 4 N–H and O–H groups in total. The molecule has 4 heteroatoms. The molecule has 1 rings (SSSR count). The summed E-state index contributed by atoms with van der Waals surface area (Å²) in [6.45, 7) is 2.03. The molecule has 0 amide bonds. The maximum Gasteiger partial charge on any atom is 0.320 e. The lowest BCUT2D eigenvalue weighted by Crippen LogP contribution is -2.32. The Morgan fingerprint density at radius 1 is 1.44 bits per heavy atom. The summed E-state index contributed by atoms with van der Waals surface area (Å²) in [4.78, 5) is 10.7. The molecule has 0 bridgehead atoms. The monoisotopic (exact) mass is 223 g/mol. The SMILES string of the molecule is CCCc1cc(O)ccc1CC(N)C(=O)O. The van der Waals surface area contributed by atoms with Crippen LogP contribution in [0.1, 0.15) is 24.5 Å². The number of aromatic hydroxyl groups is 1. The molecule has 1 aromatic rings. The summed E-state index contributed by atoms with van der Waals surface area (Å²) in [6, 6.07) is 4.08. The third-order valence-electron chi connectivity index (χ3n) is 2.47. The van der Waals surface area contributed by atoms with Crippen LogP contribution in [0.15, 0.2) is 18.2 Å². The van der Waals surface area contributed by atoms with Crippen LogP contribution in [0.3, 0.4) is 0 Å². The summed E-state index contributed by atoms with van der Waals surface area (Å²) in [5.41, 5.74) is 7.36. The maximum absolute atomic E-state index is 10.7. The molecule has 0 heterocycles. The second kappa shape index (κ2) is 5.51. The van der Waals surface area contributed by atoms with Crippen molar-refractivity contribution in [1.29, 1.82) is 0 Å². The number of phenolic OH excluding ortho intramolecular Hbond substituents is 1. The van der Waals surface area contributed by atoms with Gasteiger partial charge >= 0.3 is 5.97 Å². The van der Waals surface area contributed by atoms with E-state index in [0.29, 0.717) is 6.42 Å². The lowest BCUT2D eigenvalue weighted by molar-refractivity contribution is -0.138. The molecule has 0 fully saturated rings. The van der Waals surface area contributed by atoms with E-state index in [9.17, 15) is 9.90 Å². The van der Waals surface area contributed by atoms with Crippen molar-refractivity contribution in [2.24, 2.45) is 5.73 Å². The number of phenols is 1. The van der Waals surface area contributed by atoms with Crippen molar-refractivity contribution in [1.82, 2.24) is 0 Å². The molecule has 16 heavy (non-hydrogen) atoms. The Morgan fingerprint density at radius 2 is 2.12 bits per heavy atom. The highest BCUT2D eigenvalue weighted by molar-refractivity contribution is 5.73. The first kappa shape index (κ1) is 12.5. The maximum atomic E-state index is 10.7. The Morgan fingerprint density at radius 3 is 2.69 bits per heavy atom. The van der Waals surface area contributed by atoms with Gasteiger partial charge in [0.15, 0.2) is 0 Å². The zero-order valence-electron chi connectivity index (χ0n) is 9.31. The van der Waals surface area contributed by atoms with Gasteiger partial charge < -0.3 is 15.9 Å². The average Bonchev–Trinajstić information content (AvgIpc) is 2.22. The minimum absolute atomic E-state index is 0.205. The zero-order chi connectivity index (χ0) is 12.1. The highest BCUT2D eigenvalue weighted by Crippen LogP contribution is 2.19. The number of carbonyl (C=O) groups is 1. The fourth-order valence-corrected chi connectivity index (χ4v) is 1.64. The molecule has 1 aromatic carbocycles.